The number of ether oxygens (including phenoxy) is 1. The number of benzene rings is 1. The van der Waals surface area contributed by atoms with Gasteiger partial charge in [0, 0.05) is 24.0 Å². The minimum Gasteiger partial charge on any atom is -0.344 e. The van der Waals surface area contributed by atoms with Gasteiger partial charge >= 0.3 is 0 Å². The number of epoxide rings is 1. The lowest BCUT2D eigenvalue weighted by Crippen LogP contribution is -2.45. The maximum Gasteiger partial charge on any atom is 0.199 e. The Labute approximate surface area is 98.1 Å². The quantitative estimate of drug-likeness (QED) is 0.501. The van der Waals surface area contributed by atoms with Crippen LogP contribution < -0.4 is 0 Å². The van der Waals surface area contributed by atoms with E-state index in [0.717, 1.165) is 0 Å². The molecule has 4 rings (SSSR count). The molecule has 0 aromatic heterocycles. The number of carbonyl (C=O) groups excluding carboxylic acids is 2. The lowest BCUT2D eigenvalue weighted by atomic mass is 9.69. The number of Topliss-reactive ketones (excluding diaryl/α,β-unsaturated/α-hetero) is 2. The van der Waals surface area contributed by atoms with Crippen molar-refractivity contribution in [1.82, 2.24) is 0 Å². The first-order valence-corrected chi connectivity index (χ1v) is 5.75. The normalized spacial score (nSPS) is 37.2. The molecule has 1 aromatic rings. The van der Waals surface area contributed by atoms with Gasteiger partial charge in [0.05, 0.1) is 0 Å². The Morgan fingerprint density at radius 2 is 1.35 bits per heavy atom. The Hall–Kier alpha value is -1.74. The number of hydrogen-bond donors (Lipinski definition) is 0. The Balaban J connectivity index is 2.01. The molecule has 3 heteroatoms. The second-order valence-corrected chi connectivity index (χ2v) is 4.84. The Kier molecular flexibility index (Phi) is 1.40. The largest absolute Gasteiger partial charge is 0.344 e. The molecule has 1 aliphatic heterocycles. The van der Waals surface area contributed by atoms with Gasteiger partial charge in [-0.1, -0.05) is 36.4 Å². The van der Waals surface area contributed by atoms with Gasteiger partial charge in [0.15, 0.2) is 22.8 Å². The fourth-order valence-electron chi connectivity index (χ4n) is 3.14. The van der Waals surface area contributed by atoms with Crippen LogP contribution in [0.1, 0.15) is 33.6 Å². The van der Waals surface area contributed by atoms with Crippen LogP contribution in [0.15, 0.2) is 36.4 Å². The highest BCUT2D eigenvalue weighted by atomic mass is 16.6. The van der Waals surface area contributed by atoms with E-state index in [1.165, 1.54) is 0 Å². The van der Waals surface area contributed by atoms with Crippen molar-refractivity contribution < 1.29 is 14.3 Å². The van der Waals surface area contributed by atoms with Crippen LogP contribution >= 0.6 is 0 Å². The molecule has 3 nitrogen and oxygen atoms in total. The molecule has 0 N–H and O–H groups in total. The standard InChI is InChI=1S/C14H10O3/c15-11-9-5-1-2-6-10(9)12(16)14-8-4-3-7-13(11,14)17-14/h1-6H,7-8H2. The molecule has 0 bridgehead atoms. The van der Waals surface area contributed by atoms with Crippen molar-refractivity contribution in [3.8, 4) is 0 Å². The molecule has 84 valence electrons. The number of ketones is 2. The lowest BCUT2D eigenvalue weighted by molar-refractivity contribution is 0.0837. The molecule has 2 unspecified atom stereocenters. The smallest absolute Gasteiger partial charge is 0.199 e. The molecule has 1 aromatic carbocycles. The van der Waals surface area contributed by atoms with Gasteiger partial charge in [-0.2, -0.15) is 0 Å². The molecule has 3 aliphatic rings. The van der Waals surface area contributed by atoms with Gasteiger partial charge in [-0.3, -0.25) is 9.59 Å². The first kappa shape index (κ1) is 9.31. The number of hydrogen-bond acceptors (Lipinski definition) is 3. The second-order valence-electron chi connectivity index (χ2n) is 4.84. The molecule has 1 heterocycles. The summed E-state index contributed by atoms with van der Waals surface area (Å²) in [7, 11) is 0. The zero-order chi connectivity index (χ0) is 11.7. The van der Waals surface area contributed by atoms with E-state index in [0.29, 0.717) is 24.0 Å². The molecule has 0 saturated carbocycles. The molecular weight excluding hydrogens is 216 g/mol. The summed E-state index contributed by atoms with van der Waals surface area (Å²) in [5.74, 6) is -0.0610. The van der Waals surface area contributed by atoms with E-state index in [4.69, 9.17) is 4.74 Å². The second kappa shape index (κ2) is 2.57. The van der Waals surface area contributed by atoms with Gasteiger partial charge < -0.3 is 4.74 Å². The van der Waals surface area contributed by atoms with E-state index in [2.05, 4.69) is 0 Å². The molecular formula is C14H10O3. The van der Waals surface area contributed by atoms with Crippen LogP contribution in [0, 0.1) is 0 Å². The van der Waals surface area contributed by atoms with Gasteiger partial charge in [0.1, 0.15) is 0 Å². The number of rotatable bonds is 0. The van der Waals surface area contributed by atoms with Crippen LogP contribution in [0.5, 0.6) is 0 Å². The zero-order valence-electron chi connectivity index (χ0n) is 9.10. The number of fused-ring (bicyclic) bond motifs is 1. The average Bonchev–Trinajstić information content (AvgIpc) is 3.08. The maximum absolute atomic E-state index is 12.4. The SMILES string of the molecule is O=C1c2ccccc2C(=O)C23CC=CCC12O3. The minimum absolute atomic E-state index is 0.0305. The summed E-state index contributed by atoms with van der Waals surface area (Å²) in [6.07, 6.45) is 4.91. The molecule has 2 atom stereocenters. The summed E-state index contributed by atoms with van der Waals surface area (Å²) in [5.41, 5.74) is -0.734. The molecule has 0 radical (unpaired) electrons. The minimum atomic E-state index is -0.882. The van der Waals surface area contributed by atoms with Crippen LogP contribution in [0.25, 0.3) is 0 Å². The monoisotopic (exact) mass is 226 g/mol. The summed E-state index contributed by atoms with van der Waals surface area (Å²) in [5, 5.41) is 0. The van der Waals surface area contributed by atoms with E-state index in [1.54, 1.807) is 24.3 Å². The van der Waals surface area contributed by atoms with Crippen molar-refractivity contribution in [2.75, 3.05) is 0 Å². The summed E-state index contributed by atoms with van der Waals surface area (Å²) >= 11 is 0. The van der Waals surface area contributed by atoms with E-state index in [-0.39, 0.29) is 11.6 Å². The van der Waals surface area contributed by atoms with Crippen LogP contribution in [-0.2, 0) is 4.74 Å². The van der Waals surface area contributed by atoms with E-state index in [9.17, 15) is 9.59 Å². The van der Waals surface area contributed by atoms with Gasteiger partial charge in [-0.25, -0.2) is 0 Å². The predicted molar refractivity (Wildman–Crippen MR) is 60.0 cm³/mol. The molecule has 1 saturated heterocycles. The van der Waals surface area contributed by atoms with Crippen molar-refractivity contribution in [1.29, 1.82) is 0 Å². The third-order valence-corrected chi connectivity index (χ3v) is 4.09. The summed E-state index contributed by atoms with van der Waals surface area (Å²) in [6.45, 7) is 0. The molecule has 2 aliphatic carbocycles. The number of carbonyl (C=O) groups is 2. The highest BCUT2D eigenvalue weighted by molar-refractivity contribution is 6.25. The van der Waals surface area contributed by atoms with E-state index < -0.39 is 11.2 Å². The van der Waals surface area contributed by atoms with Crippen LogP contribution in [0.2, 0.25) is 0 Å². The lowest BCUT2D eigenvalue weighted by Gasteiger charge is -2.25. The third-order valence-electron chi connectivity index (χ3n) is 4.09. The predicted octanol–water partition coefficient (Wildman–Crippen LogP) is 1.92. The molecule has 0 spiro atoms. The van der Waals surface area contributed by atoms with Gasteiger partial charge in [0.2, 0.25) is 0 Å². The van der Waals surface area contributed by atoms with Crippen molar-refractivity contribution in [3.63, 3.8) is 0 Å². The topological polar surface area (TPSA) is 46.7 Å². The fourth-order valence-corrected chi connectivity index (χ4v) is 3.14. The Morgan fingerprint density at radius 1 is 0.882 bits per heavy atom. The Morgan fingerprint density at radius 3 is 1.82 bits per heavy atom. The van der Waals surface area contributed by atoms with Crippen molar-refractivity contribution in [2.45, 2.75) is 24.0 Å². The fraction of sp³-hybridized carbons (Fsp3) is 0.286. The van der Waals surface area contributed by atoms with Crippen LogP contribution in [0.4, 0.5) is 0 Å². The van der Waals surface area contributed by atoms with Crippen LogP contribution in [0.3, 0.4) is 0 Å². The molecule has 0 amide bonds. The van der Waals surface area contributed by atoms with Gasteiger partial charge in [-0.15, -0.1) is 0 Å². The third kappa shape index (κ3) is 0.816. The maximum atomic E-state index is 12.4. The first-order chi connectivity index (χ1) is 8.21. The van der Waals surface area contributed by atoms with Crippen LogP contribution in [-0.4, -0.2) is 22.8 Å². The van der Waals surface area contributed by atoms with Crippen molar-refractivity contribution in [3.05, 3.63) is 47.5 Å². The first-order valence-electron chi connectivity index (χ1n) is 5.75. The summed E-state index contributed by atoms with van der Waals surface area (Å²) in [6, 6.07) is 7.01. The summed E-state index contributed by atoms with van der Waals surface area (Å²) in [4.78, 5) is 24.9. The summed E-state index contributed by atoms with van der Waals surface area (Å²) < 4.78 is 5.66. The van der Waals surface area contributed by atoms with Gasteiger partial charge in [-0.05, 0) is 0 Å². The average molecular weight is 226 g/mol. The zero-order valence-corrected chi connectivity index (χ0v) is 9.10. The highest BCUT2D eigenvalue weighted by Crippen LogP contribution is 2.61. The van der Waals surface area contributed by atoms with E-state index >= 15 is 0 Å². The molecule has 17 heavy (non-hydrogen) atoms. The van der Waals surface area contributed by atoms with Crippen molar-refractivity contribution >= 4 is 11.6 Å². The van der Waals surface area contributed by atoms with E-state index in [1.807, 2.05) is 12.2 Å². The van der Waals surface area contributed by atoms with Gasteiger partial charge in [0.25, 0.3) is 0 Å². The molecule has 1 fully saturated rings. The Bertz CT molecular complexity index is 550. The van der Waals surface area contributed by atoms with Crippen molar-refractivity contribution in [2.24, 2.45) is 0 Å². The highest BCUT2D eigenvalue weighted by Gasteiger charge is 2.79.